The topological polar surface area (TPSA) is 170 Å². The molecule has 1 fully saturated rings. The Balaban J connectivity index is 1.75. The van der Waals surface area contributed by atoms with Crippen molar-refractivity contribution in [3.8, 4) is 0 Å². The molecular formula is C31H38FN5O6S2. The normalized spacial score (nSPS) is 15.3. The minimum atomic E-state index is -1.14. The third-order valence-electron chi connectivity index (χ3n) is 6.67. The number of hydrogen-bond donors (Lipinski definition) is 4. The van der Waals surface area contributed by atoms with Gasteiger partial charge in [0.05, 0.1) is 0 Å². The van der Waals surface area contributed by atoms with Crippen LogP contribution in [0.25, 0.3) is 0 Å². The SMILES string of the molecule is CC(C)C(NC(=O)C1SCCS1)C(=O)NC(Cc1ccc(F)cc1)C(=O)NC(/C=C/C(=O)OCc1cccnc1)CCC(N)=O. The van der Waals surface area contributed by atoms with Crippen molar-refractivity contribution < 1.29 is 33.1 Å². The van der Waals surface area contributed by atoms with Gasteiger partial charge >= 0.3 is 5.97 Å². The lowest BCUT2D eigenvalue weighted by Gasteiger charge is -2.27. The Kier molecular flexibility index (Phi) is 14.3. The van der Waals surface area contributed by atoms with E-state index in [4.69, 9.17) is 10.5 Å². The summed E-state index contributed by atoms with van der Waals surface area (Å²) in [7, 11) is 0. The summed E-state index contributed by atoms with van der Waals surface area (Å²) >= 11 is 3.02. The molecule has 3 unspecified atom stereocenters. The summed E-state index contributed by atoms with van der Waals surface area (Å²) in [6.07, 6.45) is 5.67. The maximum absolute atomic E-state index is 13.6. The van der Waals surface area contributed by atoms with Crippen LogP contribution in [0.15, 0.2) is 60.9 Å². The van der Waals surface area contributed by atoms with Gasteiger partial charge in [0.1, 0.15) is 29.1 Å². The third-order valence-corrected chi connectivity index (χ3v) is 9.65. The van der Waals surface area contributed by atoms with Gasteiger partial charge in [0.2, 0.25) is 23.6 Å². The quantitative estimate of drug-likeness (QED) is 0.156. The Morgan fingerprint density at radius 1 is 1.02 bits per heavy atom. The van der Waals surface area contributed by atoms with E-state index in [1.807, 2.05) is 0 Å². The lowest BCUT2D eigenvalue weighted by Crippen LogP contribution is -2.57. The van der Waals surface area contributed by atoms with Gasteiger partial charge in [-0.2, -0.15) is 0 Å². The molecule has 0 radical (unpaired) electrons. The maximum atomic E-state index is 13.6. The highest BCUT2D eigenvalue weighted by molar-refractivity contribution is 8.21. The number of nitrogens with zero attached hydrogens (tertiary/aromatic N) is 1. The fraction of sp³-hybridized carbons (Fsp3) is 0.419. The van der Waals surface area contributed by atoms with Crippen molar-refractivity contribution in [2.24, 2.45) is 11.7 Å². The van der Waals surface area contributed by atoms with Crippen LogP contribution in [0.5, 0.6) is 0 Å². The lowest BCUT2D eigenvalue weighted by atomic mass is 10.0. The number of rotatable bonds is 16. The van der Waals surface area contributed by atoms with E-state index in [1.54, 1.807) is 38.4 Å². The first kappa shape index (κ1) is 35.6. The van der Waals surface area contributed by atoms with Crippen molar-refractivity contribution in [3.05, 3.63) is 77.9 Å². The number of esters is 1. The van der Waals surface area contributed by atoms with Crippen molar-refractivity contribution in [1.82, 2.24) is 20.9 Å². The molecule has 45 heavy (non-hydrogen) atoms. The minimum absolute atomic E-state index is 0.00432. The van der Waals surface area contributed by atoms with Crippen molar-refractivity contribution in [3.63, 3.8) is 0 Å². The molecule has 0 saturated carbocycles. The number of benzene rings is 1. The van der Waals surface area contributed by atoms with Gasteiger partial charge < -0.3 is 26.4 Å². The summed E-state index contributed by atoms with van der Waals surface area (Å²) in [4.78, 5) is 67.7. The molecule has 1 aromatic heterocycles. The largest absolute Gasteiger partial charge is 0.458 e. The van der Waals surface area contributed by atoms with Gasteiger partial charge in [0, 0.05) is 54.4 Å². The molecule has 1 aliphatic rings. The van der Waals surface area contributed by atoms with Crippen LogP contribution in [0.4, 0.5) is 4.39 Å². The number of amides is 4. The van der Waals surface area contributed by atoms with Crippen LogP contribution in [0.3, 0.4) is 0 Å². The van der Waals surface area contributed by atoms with Crippen LogP contribution in [-0.4, -0.2) is 68.8 Å². The van der Waals surface area contributed by atoms with Gasteiger partial charge in [-0.3, -0.25) is 24.2 Å². The molecule has 14 heteroatoms. The number of primary amides is 1. The molecule has 2 aromatic rings. The third kappa shape index (κ3) is 12.5. The summed E-state index contributed by atoms with van der Waals surface area (Å²) in [5, 5.41) is 8.31. The lowest BCUT2D eigenvalue weighted by molar-refractivity contribution is -0.139. The van der Waals surface area contributed by atoms with Crippen LogP contribution < -0.4 is 21.7 Å². The van der Waals surface area contributed by atoms with E-state index in [1.165, 1.54) is 53.9 Å². The summed E-state index contributed by atoms with van der Waals surface area (Å²) in [6.45, 7) is 3.56. The van der Waals surface area contributed by atoms with Gasteiger partial charge in [-0.05, 0) is 36.1 Å². The molecule has 5 N–H and O–H groups in total. The molecule has 1 saturated heterocycles. The molecule has 1 aromatic carbocycles. The molecule has 1 aliphatic heterocycles. The van der Waals surface area contributed by atoms with Gasteiger partial charge in [-0.1, -0.05) is 38.1 Å². The molecular weight excluding hydrogens is 622 g/mol. The summed E-state index contributed by atoms with van der Waals surface area (Å²) in [5.74, 6) is -1.78. The van der Waals surface area contributed by atoms with E-state index in [0.717, 1.165) is 17.6 Å². The zero-order chi connectivity index (χ0) is 32.8. The smallest absolute Gasteiger partial charge is 0.330 e. The number of carbonyl (C=O) groups is 5. The number of thioether (sulfide) groups is 2. The fourth-order valence-electron chi connectivity index (χ4n) is 4.27. The molecule has 0 bridgehead atoms. The Bertz CT molecular complexity index is 1340. The summed E-state index contributed by atoms with van der Waals surface area (Å²) in [5.41, 5.74) is 6.59. The fourth-order valence-corrected chi connectivity index (χ4v) is 6.87. The number of halogens is 1. The summed E-state index contributed by atoms with van der Waals surface area (Å²) in [6, 6.07) is 6.08. The van der Waals surface area contributed by atoms with Gasteiger partial charge in [-0.25, -0.2) is 9.18 Å². The van der Waals surface area contributed by atoms with Gasteiger partial charge in [0.25, 0.3) is 0 Å². The Morgan fingerprint density at radius 2 is 1.73 bits per heavy atom. The minimum Gasteiger partial charge on any atom is -0.458 e. The van der Waals surface area contributed by atoms with E-state index < -0.39 is 47.6 Å². The van der Waals surface area contributed by atoms with E-state index >= 15 is 0 Å². The average Bonchev–Trinajstić information content (AvgIpc) is 3.56. The first-order chi connectivity index (χ1) is 21.5. The predicted octanol–water partition coefficient (Wildman–Crippen LogP) is 2.24. The Hall–Kier alpha value is -3.91. The average molecular weight is 660 g/mol. The van der Waals surface area contributed by atoms with Crippen LogP contribution in [-0.2, 0) is 41.7 Å². The number of carbonyl (C=O) groups excluding carboxylic acids is 5. The number of pyridine rings is 1. The molecule has 3 rings (SSSR count). The number of ether oxygens (including phenoxy) is 1. The van der Waals surface area contributed by atoms with E-state index in [2.05, 4.69) is 20.9 Å². The van der Waals surface area contributed by atoms with Crippen LogP contribution >= 0.6 is 23.5 Å². The van der Waals surface area contributed by atoms with Crippen molar-refractivity contribution in [1.29, 1.82) is 0 Å². The van der Waals surface area contributed by atoms with Crippen LogP contribution in [0, 0.1) is 11.7 Å². The van der Waals surface area contributed by atoms with Gasteiger partial charge in [-0.15, -0.1) is 23.5 Å². The van der Waals surface area contributed by atoms with Crippen molar-refractivity contribution in [2.45, 2.75) is 62.4 Å². The molecule has 4 amide bonds. The number of nitrogens with two attached hydrogens (primary N) is 1. The zero-order valence-corrected chi connectivity index (χ0v) is 26.7. The highest BCUT2D eigenvalue weighted by Gasteiger charge is 2.32. The second-order valence-electron chi connectivity index (χ2n) is 10.6. The molecule has 0 spiro atoms. The van der Waals surface area contributed by atoms with Crippen molar-refractivity contribution >= 4 is 53.1 Å². The molecule has 3 atom stereocenters. The Labute approximate surface area is 270 Å². The van der Waals surface area contributed by atoms with Gasteiger partial charge in [0.15, 0.2) is 0 Å². The molecule has 242 valence electrons. The number of aromatic nitrogens is 1. The highest BCUT2D eigenvalue weighted by atomic mass is 32.2. The van der Waals surface area contributed by atoms with Crippen molar-refractivity contribution in [2.75, 3.05) is 11.5 Å². The first-order valence-corrected chi connectivity index (χ1v) is 16.5. The first-order valence-electron chi connectivity index (χ1n) is 14.4. The second kappa shape index (κ2) is 18.2. The molecule has 2 heterocycles. The van der Waals surface area contributed by atoms with E-state index in [0.29, 0.717) is 11.1 Å². The number of nitrogens with one attached hydrogen (secondary N) is 3. The zero-order valence-electron chi connectivity index (χ0n) is 25.1. The summed E-state index contributed by atoms with van der Waals surface area (Å²) < 4.78 is 18.5. The maximum Gasteiger partial charge on any atom is 0.330 e. The highest BCUT2D eigenvalue weighted by Crippen LogP contribution is 2.32. The molecule has 0 aliphatic carbocycles. The van der Waals surface area contributed by atoms with E-state index in [9.17, 15) is 28.4 Å². The van der Waals surface area contributed by atoms with Crippen LogP contribution in [0.2, 0.25) is 0 Å². The van der Waals surface area contributed by atoms with Crippen LogP contribution in [0.1, 0.15) is 37.8 Å². The second-order valence-corrected chi connectivity index (χ2v) is 13.4. The monoisotopic (exact) mass is 659 g/mol. The molecule has 11 nitrogen and oxygen atoms in total. The standard InChI is InChI=1S/C31H38FN5O6S2/c1-19(2)27(37-30(42)31-44-14-15-45-31)29(41)36-24(16-20-5-7-22(32)8-6-20)28(40)35-23(9-11-25(33)38)10-12-26(39)43-18-21-4-3-13-34-17-21/h3-8,10,12-13,17,19,23-24,27,31H,9,11,14-16,18H2,1-2H3,(H2,33,38)(H,35,40)(H,36,41)(H,37,42)/b12-10+. The van der Waals surface area contributed by atoms with E-state index in [-0.39, 0.29) is 42.3 Å². The Morgan fingerprint density at radius 3 is 2.36 bits per heavy atom. The number of hydrogen-bond acceptors (Lipinski definition) is 9. The predicted molar refractivity (Wildman–Crippen MR) is 171 cm³/mol.